The normalized spacial score (nSPS) is 12.8. The van der Waals surface area contributed by atoms with Crippen molar-refractivity contribution in [1.29, 1.82) is 0 Å². The number of hydrogen-bond acceptors (Lipinski definition) is 5. The van der Waals surface area contributed by atoms with E-state index in [9.17, 15) is 9.50 Å². The number of para-hydroxylation sites is 1. The maximum atomic E-state index is 13.5. The standard InChI is InChI=1S/C28H38FN3O3/c1-6-17-31(18-23(33)20-34-28(3,4)5)19-25-26(7-2)30-32(22-11-9-8-10-12-22)27(25)35-24-15-13-21(29)14-16-24/h8-16,23,33H,6-7,17-20H2,1-5H3/t23-/m1/s1. The summed E-state index contributed by atoms with van der Waals surface area (Å²) in [6.45, 7) is 12.2. The Balaban J connectivity index is 1.94. The minimum Gasteiger partial charge on any atom is -0.439 e. The number of halogens is 1. The van der Waals surface area contributed by atoms with E-state index in [-0.39, 0.29) is 18.0 Å². The topological polar surface area (TPSA) is 59.8 Å². The third kappa shape index (κ3) is 7.88. The Morgan fingerprint density at radius 3 is 2.34 bits per heavy atom. The van der Waals surface area contributed by atoms with Crippen molar-refractivity contribution in [3.05, 3.63) is 71.7 Å². The van der Waals surface area contributed by atoms with Gasteiger partial charge in [-0.15, -0.1) is 0 Å². The molecule has 3 aromatic rings. The molecule has 0 amide bonds. The van der Waals surface area contributed by atoms with Crippen LogP contribution in [0.2, 0.25) is 0 Å². The Kier molecular flexibility index (Phi) is 9.43. The van der Waals surface area contributed by atoms with Crippen LogP contribution in [0.25, 0.3) is 5.69 Å². The Labute approximate surface area is 208 Å². The summed E-state index contributed by atoms with van der Waals surface area (Å²) in [5, 5.41) is 15.6. The van der Waals surface area contributed by atoms with Crippen LogP contribution in [0.15, 0.2) is 54.6 Å². The summed E-state index contributed by atoms with van der Waals surface area (Å²) >= 11 is 0. The van der Waals surface area contributed by atoms with E-state index >= 15 is 0 Å². The largest absolute Gasteiger partial charge is 0.439 e. The van der Waals surface area contributed by atoms with Gasteiger partial charge in [-0.2, -0.15) is 5.10 Å². The lowest BCUT2D eigenvalue weighted by atomic mass is 10.1. The number of nitrogens with zero attached hydrogens (tertiary/aromatic N) is 3. The molecular formula is C28H38FN3O3. The number of aromatic nitrogens is 2. The van der Waals surface area contributed by atoms with Crippen molar-refractivity contribution in [2.75, 3.05) is 19.7 Å². The van der Waals surface area contributed by atoms with Gasteiger partial charge in [0.2, 0.25) is 5.88 Å². The Bertz CT molecular complexity index is 1050. The molecule has 6 nitrogen and oxygen atoms in total. The minimum absolute atomic E-state index is 0.270. The number of ether oxygens (including phenoxy) is 2. The minimum atomic E-state index is -0.614. The third-order valence-corrected chi connectivity index (χ3v) is 5.48. The van der Waals surface area contributed by atoms with Gasteiger partial charge in [-0.3, -0.25) is 4.90 Å². The fourth-order valence-corrected chi connectivity index (χ4v) is 3.86. The molecule has 0 spiro atoms. The first-order valence-electron chi connectivity index (χ1n) is 12.3. The molecule has 190 valence electrons. The van der Waals surface area contributed by atoms with E-state index in [2.05, 4.69) is 18.7 Å². The zero-order valence-electron chi connectivity index (χ0n) is 21.5. The molecule has 0 aliphatic heterocycles. The number of rotatable bonds is 12. The third-order valence-electron chi connectivity index (χ3n) is 5.48. The van der Waals surface area contributed by atoms with E-state index in [0.29, 0.717) is 24.7 Å². The molecule has 7 heteroatoms. The molecular weight excluding hydrogens is 445 g/mol. The van der Waals surface area contributed by atoms with E-state index in [0.717, 1.165) is 36.3 Å². The number of aliphatic hydroxyl groups is 1. The van der Waals surface area contributed by atoms with Gasteiger partial charge in [0.05, 0.1) is 35.3 Å². The summed E-state index contributed by atoms with van der Waals surface area (Å²) in [5.41, 5.74) is 2.45. The van der Waals surface area contributed by atoms with Crippen molar-refractivity contribution in [2.24, 2.45) is 0 Å². The van der Waals surface area contributed by atoms with Gasteiger partial charge in [-0.05, 0) is 76.6 Å². The zero-order valence-corrected chi connectivity index (χ0v) is 21.5. The highest BCUT2D eigenvalue weighted by molar-refractivity contribution is 5.43. The van der Waals surface area contributed by atoms with Crippen LogP contribution in [0.4, 0.5) is 4.39 Å². The van der Waals surface area contributed by atoms with Gasteiger partial charge in [0, 0.05) is 13.1 Å². The SMILES string of the molecule is CCCN(Cc1c(CC)nn(-c2ccccc2)c1Oc1ccc(F)cc1)C[C@@H](O)COC(C)(C)C. The van der Waals surface area contributed by atoms with Crippen LogP contribution in [0.1, 0.15) is 52.3 Å². The summed E-state index contributed by atoms with van der Waals surface area (Å²) in [6.07, 6.45) is 1.05. The first-order chi connectivity index (χ1) is 16.7. The first-order valence-corrected chi connectivity index (χ1v) is 12.3. The summed E-state index contributed by atoms with van der Waals surface area (Å²) in [5.74, 6) is 0.818. The average Bonchev–Trinajstić information content (AvgIpc) is 3.16. The molecule has 0 saturated heterocycles. The van der Waals surface area contributed by atoms with Crippen LogP contribution >= 0.6 is 0 Å². The molecule has 0 saturated carbocycles. The fraction of sp³-hybridized carbons (Fsp3) is 0.464. The van der Waals surface area contributed by atoms with Crippen molar-refractivity contribution in [2.45, 2.75) is 65.7 Å². The van der Waals surface area contributed by atoms with Gasteiger partial charge in [-0.25, -0.2) is 9.07 Å². The van der Waals surface area contributed by atoms with Crippen molar-refractivity contribution < 1.29 is 19.0 Å². The second-order valence-corrected chi connectivity index (χ2v) is 9.70. The van der Waals surface area contributed by atoms with Crippen molar-refractivity contribution >= 4 is 0 Å². The van der Waals surface area contributed by atoms with Crippen molar-refractivity contribution in [1.82, 2.24) is 14.7 Å². The van der Waals surface area contributed by atoms with E-state index in [1.807, 2.05) is 51.1 Å². The Morgan fingerprint density at radius 1 is 1.06 bits per heavy atom. The molecule has 0 unspecified atom stereocenters. The highest BCUT2D eigenvalue weighted by Gasteiger charge is 2.24. The molecule has 1 aromatic heterocycles. The van der Waals surface area contributed by atoms with Gasteiger partial charge in [0.25, 0.3) is 0 Å². The summed E-state index contributed by atoms with van der Waals surface area (Å²) < 4.78 is 27.4. The molecule has 0 fully saturated rings. The molecule has 1 N–H and O–H groups in total. The lowest BCUT2D eigenvalue weighted by Gasteiger charge is -2.27. The van der Waals surface area contributed by atoms with E-state index < -0.39 is 6.10 Å². The highest BCUT2D eigenvalue weighted by Crippen LogP contribution is 2.32. The van der Waals surface area contributed by atoms with Crippen molar-refractivity contribution in [3.63, 3.8) is 0 Å². The molecule has 1 heterocycles. The van der Waals surface area contributed by atoms with Crippen LogP contribution in [0.5, 0.6) is 11.6 Å². The Morgan fingerprint density at radius 2 is 1.74 bits per heavy atom. The van der Waals surface area contributed by atoms with Crippen molar-refractivity contribution in [3.8, 4) is 17.3 Å². The van der Waals surface area contributed by atoms with Crippen LogP contribution < -0.4 is 4.74 Å². The molecule has 35 heavy (non-hydrogen) atoms. The molecule has 0 aliphatic carbocycles. The first kappa shape index (κ1) is 26.9. The number of aliphatic hydroxyl groups excluding tert-OH is 1. The fourth-order valence-electron chi connectivity index (χ4n) is 3.86. The van der Waals surface area contributed by atoms with Crippen LogP contribution in [-0.2, 0) is 17.7 Å². The summed E-state index contributed by atoms with van der Waals surface area (Å²) in [6, 6.07) is 15.8. The van der Waals surface area contributed by atoms with Gasteiger partial charge >= 0.3 is 0 Å². The number of aryl methyl sites for hydroxylation is 1. The van der Waals surface area contributed by atoms with Gasteiger partial charge in [0.15, 0.2) is 0 Å². The second-order valence-electron chi connectivity index (χ2n) is 9.70. The van der Waals surface area contributed by atoms with Crippen LogP contribution in [-0.4, -0.2) is 51.2 Å². The maximum absolute atomic E-state index is 13.5. The maximum Gasteiger partial charge on any atom is 0.227 e. The molecule has 0 radical (unpaired) electrons. The van der Waals surface area contributed by atoms with Gasteiger partial charge < -0.3 is 14.6 Å². The van der Waals surface area contributed by atoms with E-state index in [1.54, 1.807) is 16.8 Å². The smallest absolute Gasteiger partial charge is 0.227 e. The van der Waals surface area contributed by atoms with Crippen LogP contribution in [0, 0.1) is 5.82 Å². The number of benzene rings is 2. The van der Waals surface area contributed by atoms with Gasteiger partial charge in [0.1, 0.15) is 11.6 Å². The monoisotopic (exact) mass is 483 g/mol. The van der Waals surface area contributed by atoms with E-state index in [4.69, 9.17) is 14.6 Å². The predicted molar refractivity (Wildman–Crippen MR) is 137 cm³/mol. The second kappa shape index (κ2) is 12.3. The van der Waals surface area contributed by atoms with Gasteiger partial charge in [-0.1, -0.05) is 32.0 Å². The number of hydrogen-bond donors (Lipinski definition) is 1. The predicted octanol–water partition coefficient (Wildman–Crippen LogP) is 5.75. The zero-order chi connectivity index (χ0) is 25.4. The molecule has 1 atom stereocenters. The molecule has 0 bridgehead atoms. The molecule has 2 aromatic carbocycles. The lowest BCUT2D eigenvalue weighted by Crippen LogP contribution is -2.37. The summed E-state index contributed by atoms with van der Waals surface area (Å²) in [7, 11) is 0. The van der Waals surface area contributed by atoms with E-state index in [1.165, 1.54) is 12.1 Å². The lowest BCUT2D eigenvalue weighted by molar-refractivity contribution is -0.0567. The molecule has 3 rings (SSSR count). The molecule has 0 aliphatic rings. The Hall–Kier alpha value is -2.74. The van der Waals surface area contributed by atoms with Crippen LogP contribution in [0.3, 0.4) is 0 Å². The highest BCUT2D eigenvalue weighted by atomic mass is 19.1. The summed E-state index contributed by atoms with van der Waals surface area (Å²) in [4.78, 5) is 2.21. The quantitative estimate of drug-likeness (QED) is 0.355. The average molecular weight is 484 g/mol.